The number of ether oxygens (including phenoxy) is 2. The van der Waals surface area contributed by atoms with Gasteiger partial charge in [0.05, 0.1) is 13.2 Å². The highest BCUT2D eigenvalue weighted by atomic mass is 16.6. The maximum Gasteiger partial charge on any atom is 0.407 e. The summed E-state index contributed by atoms with van der Waals surface area (Å²) in [4.78, 5) is 14.2. The van der Waals surface area contributed by atoms with Crippen LogP contribution in [0.3, 0.4) is 0 Å². The van der Waals surface area contributed by atoms with E-state index in [2.05, 4.69) is 24.1 Å². The van der Waals surface area contributed by atoms with Crippen LogP contribution in [0.5, 0.6) is 0 Å². The molecule has 1 N–H and O–H groups in total. The molecule has 0 saturated carbocycles. The lowest BCUT2D eigenvalue weighted by Crippen LogP contribution is -2.40. The van der Waals surface area contributed by atoms with E-state index in [1.165, 1.54) is 19.5 Å². The van der Waals surface area contributed by atoms with Gasteiger partial charge in [-0.3, -0.25) is 0 Å². The molecule has 0 radical (unpaired) electrons. The van der Waals surface area contributed by atoms with Crippen molar-refractivity contribution in [2.75, 3.05) is 39.4 Å². The molecule has 1 amide bonds. The van der Waals surface area contributed by atoms with E-state index < -0.39 is 0 Å². The fourth-order valence-corrected chi connectivity index (χ4v) is 3.45. The number of carbonyl (C=O) groups is 1. The van der Waals surface area contributed by atoms with Gasteiger partial charge in [-0.1, -0.05) is 13.8 Å². The summed E-state index contributed by atoms with van der Waals surface area (Å²) in [5.74, 6) is 1.58. The van der Waals surface area contributed by atoms with E-state index in [0.717, 1.165) is 37.6 Å². The molecule has 0 aromatic heterocycles. The van der Waals surface area contributed by atoms with Gasteiger partial charge in [-0.25, -0.2) is 4.79 Å². The predicted octanol–water partition coefficient (Wildman–Crippen LogP) is 2.26. The van der Waals surface area contributed by atoms with Crippen LogP contribution >= 0.6 is 0 Å². The van der Waals surface area contributed by atoms with Gasteiger partial charge in [-0.15, -0.1) is 0 Å². The molecule has 2 unspecified atom stereocenters. The van der Waals surface area contributed by atoms with Crippen molar-refractivity contribution < 1.29 is 14.3 Å². The summed E-state index contributed by atoms with van der Waals surface area (Å²) in [6, 6.07) is 0. The molecular weight excluding hydrogens is 268 g/mol. The Balaban J connectivity index is 1.53. The van der Waals surface area contributed by atoms with Crippen LogP contribution < -0.4 is 5.32 Å². The predicted molar refractivity (Wildman–Crippen MR) is 82.3 cm³/mol. The zero-order valence-electron chi connectivity index (χ0n) is 13.5. The number of amides is 1. The van der Waals surface area contributed by atoms with E-state index >= 15 is 0 Å². The molecule has 2 rings (SSSR count). The third-order valence-electron chi connectivity index (χ3n) is 4.31. The number of hydrogen-bond acceptors (Lipinski definition) is 4. The minimum absolute atomic E-state index is 0.0301. The van der Waals surface area contributed by atoms with Crippen LogP contribution in [0, 0.1) is 11.8 Å². The maximum atomic E-state index is 11.7. The van der Waals surface area contributed by atoms with Gasteiger partial charge in [-0.05, 0) is 31.2 Å². The van der Waals surface area contributed by atoms with Crippen LogP contribution in [0.25, 0.3) is 0 Å². The number of piperidine rings is 1. The molecule has 2 fully saturated rings. The van der Waals surface area contributed by atoms with Crippen molar-refractivity contribution in [2.45, 2.75) is 45.6 Å². The second kappa shape index (κ2) is 8.59. The first-order valence-electron chi connectivity index (χ1n) is 8.38. The molecule has 2 aliphatic rings. The van der Waals surface area contributed by atoms with Crippen molar-refractivity contribution in [3.63, 3.8) is 0 Å². The molecule has 5 nitrogen and oxygen atoms in total. The normalized spacial score (nSPS) is 28.3. The molecule has 2 aliphatic heterocycles. The van der Waals surface area contributed by atoms with E-state index in [-0.39, 0.29) is 12.2 Å². The molecular formula is C16H30N2O3. The minimum Gasteiger partial charge on any atom is -0.446 e. The lowest BCUT2D eigenvalue weighted by molar-refractivity contribution is 0.00159. The summed E-state index contributed by atoms with van der Waals surface area (Å²) in [6.45, 7) is 10.2. The molecule has 0 aliphatic carbocycles. The minimum atomic E-state index is -0.276. The average Bonchev–Trinajstić information content (AvgIpc) is 2.44. The van der Waals surface area contributed by atoms with Gasteiger partial charge in [0, 0.05) is 32.5 Å². The SMILES string of the molecule is CC1CC(C)CN(CCCNC(=O)OC2CCOCC2)C1. The summed E-state index contributed by atoms with van der Waals surface area (Å²) in [6.07, 6.45) is 3.72. The van der Waals surface area contributed by atoms with Crippen LogP contribution in [0.2, 0.25) is 0 Å². The van der Waals surface area contributed by atoms with Crippen molar-refractivity contribution >= 4 is 6.09 Å². The van der Waals surface area contributed by atoms with Crippen LogP contribution in [-0.2, 0) is 9.47 Å². The number of hydrogen-bond donors (Lipinski definition) is 1. The van der Waals surface area contributed by atoms with Crippen molar-refractivity contribution in [3.8, 4) is 0 Å². The number of nitrogens with zero attached hydrogens (tertiary/aromatic N) is 1. The second-order valence-electron chi connectivity index (χ2n) is 6.70. The highest BCUT2D eigenvalue weighted by Crippen LogP contribution is 2.20. The first kappa shape index (κ1) is 16.6. The fourth-order valence-electron chi connectivity index (χ4n) is 3.45. The molecule has 2 atom stereocenters. The van der Waals surface area contributed by atoms with Crippen LogP contribution in [0.4, 0.5) is 4.79 Å². The molecule has 0 spiro atoms. The van der Waals surface area contributed by atoms with Crippen molar-refractivity contribution in [1.29, 1.82) is 0 Å². The smallest absolute Gasteiger partial charge is 0.407 e. The Kier molecular flexibility index (Phi) is 6.77. The Morgan fingerprint density at radius 2 is 1.90 bits per heavy atom. The summed E-state index contributed by atoms with van der Waals surface area (Å²) in [7, 11) is 0. The third kappa shape index (κ3) is 6.22. The largest absolute Gasteiger partial charge is 0.446 e. The molecule has 0 aromatic carbocycles. The molecule has 0 aromatic rings. The molecule has 5 heteroatoms. The molecule has 122 valence electrons. The van der Waals surface area contributed by atoms with Crippen molar-refractivity contribution in [2.24, 2.45) is 11.8 Å². The number of likely N-dealkylation sites (tertiary alicyclic amines) is 1. The Bertz CT molecular complexity index is 309. The lowest BCUT2D eigenvalue weighted by atomic mass is 9.92. The first-order chi connectivity index (χ1) is 10.1. The van der Waals surface area contributed by atoms with Gasteiger partial charge < -0.3 is 19.7 Å². The topological polar surface area (TPSA) is 50.8 Å². The fraction of sp³-hybridized carbons (Fsp3) is 0.938. The lowest BCUT2D eigenvalue weighted by Gasteiger charge is -2.34. The van der Waals surface area contributed by atoms with E-state index in [4.69, 9.17) is 9.47 Å². The summed E-state index contributed by atoms with van der Waals surface area (Å²) >= 11 is 0. The maximum absolute atomic E-state index is 11.7. The standard InChI is InChI=1S/C16H30N2O3/c1-13-10-14(2)12-18(11-13)7-3-6-17-16(19)21-15-4-8-20-9-5-15/h13-15H,3-12H2,1-2H3,(H,17,19). The van der Waals surface area contributed by atoms with E-state index in [0.29, 0.717) is 19.8 Å². The number of alkyl carbamates (subject to hydrolysis) is 1. The Hall–Kier alpha value is -0.810. The number of rotatable bonds is 5. The van der Waals surface area contributed by atoms with Gasteiger partial charge >= 0.3 is 6.09 Å². The zero-order valence-corrected chi connectivity index (χ0v) is 13.5. The summed E-state index contributed by atoms with van der Waals surface area (Å²) < 4.78 is 10.6. The highest BCUT2D eigenvalue weighted by molar-refractivity contribution is 5.67. The van der Waals surface area contributed by atoms with Crippen molar-refractivity contribution in [1.82, 2.24) is 10.2 Å². The third-order valence-corrected chi connectivity index (χ3v) is 4.31. The van der Waals surface area contributed by atoms with Gasteiger partial charge in [-0.2, -0.15) is 0 Å². The van der Waals surface area contributed by atoms with Crippen LogP contribution in [0.15, 0.2) is 0 Å². The van der Waals surface area contributed by atoms with E-state index in [1.54, 1.807) is 0 Å². The number of carbonyl (C=O) groups excluding carboxylic acids is 1. The van der Waals surface area contributed by atoms with Crippen LogP contribution in [0.1, 0.15) is 39.5 Å². The van der Waals surface area contributed by atoms with Gasteiger partial charge in [0.25, 0.3) is 0 Å². The zero-order chi connectivity index (χ0) is 15.1. The van der Waals surface area contributed by atoms with Gasteiger partial charge in [0.1, 0.15) is 6.10 Å². The summed E-state index contributed by atoms with van der Waals surface area (Å²) in [5.41, 5.74) is 0. The Morgan fingerprint density at radius 3 is 2.57 bits per heavy atom. The van der Waals surface area contributed by atoms with Gasteiger partial charge in [0.2, 0.25) is 0 Å². The molecule has 21 heavy (non-hydrogen) atoms. The second-order valence-corrected chi connectivity index (χ2v) is 6.70. The van der Waals surface area contributed by atoms with Gasteiger partial charge in [0.15, 0.2) is 0 Å². The monoisotopic (exact) mass is 298 g/mol. The molecule has 0 bridgehead atoms. The van der Waals surface area contributed by atoms with Crippen molar-refractivity contribution in [3.05, 3.63) is 0 Å². The summed E-state index contributed by atoms with van der Waals surface area (Å²) in [5, 5.41) is 2.86. The number of nitrogens with one attached hydrogen (secondary N) is 1. The van der Waals surface area contributed by atoms with E-state index in [9.17, 15) is 4.79 Å². The average molecular weight is 298 g/mol. The van der Waals surface area contributed by atoms with Crippen LogP contribution in [-0.4, -0.2) is 56.5 Å². The Labute approximate surface area is 128 Å². The first-order valence-corrected chi connectivity index (χ1v) is 8.38. The molecule has 2 heterocycles. The Morgan fingerprint density at radius 1 is 1.24 bits per heavy atom. The quantitative estimate of drug-likeness (QED) is 0.791. The molecule has 2 saturated heterocycles. The highest BCUT2D eigenvalue weighted by Gasteiger charge is 2.21. The van der Waals surface area contributed by atoms with E-state index in [1.807, 2.05) is 0 Å².